The highest BCUT2D eigenvalue weighted by Gasteiger charge is 2.21. The Kier molecular flexibility index (Phi) is 5.83. The molecule has 2 aromatic rings. The summed E-state index contributed by atoms with van der Waals surface area (Å²) in [6, 6.07) is 7.49. The third-order valence-electron chi connectivity index (χ3n) is 3.39. The van der Waals surface area contributed by atoms with Crippen molar-refractivity contribution in [3.8, 4) is 0 Å². The van der Waals surface area contributed by atoms with Crippen LogP contribution in [0, 0.1) is 17.0 Å². The molecule has 0 aliphatic heterocycles. The average molecular weight is 399 g/mol. The van der Waals surface area contributed by atoms with Crippen molar-refractivity contribution in [1.29, 1.82) is 0 Å². The lowest BCUT2D eigenvalue weighted by Crippen LogP contribution is -2.15. The first-order valence-corrected chi connectivity index (χ1v) is 9.26. The molecule has 0 bridgehead atoms. The lowest BCUT2D eigenvalue weighted by Gasteiger charge is -2.11. The summed E-state index contributed by atoms with van der Waals surface area (Å²) in [5, 5.41) is 10.9. The van der Waals surface area contributed by atoms with Crippen molar-refractivity contribution in [3.63, 3.8) is 0 Å². The summed E-state index contributed by atoms with van der Waals surface area (Å²) in [5.41, 5.74) is 0.209. The maximum absolute atomic E-state index is 12.6. The van der Waals surface area contributed by atoms with E-state index in [1.54, 1.807) is 6.92 Å². The van der Waals surface area contributed by atoms with Crippen LogP contribution in [0.4, 0.5) is 11.4 Å². The van der Waals surface area contributed by atoms with Crippen LogP contribution in [-0.2, 0) is 14.8 Å². The number of nitro benzene ring substituents is 1. The second-order valence-electron chi connectivity index (χ2n) is 5.23. The molecular weight excluding hydrogens is 384 g/mol. The van der Waals surface area contributed by atoms with Crippen LogP contribution in [0.3, 0.4) is 0 Å². The fourth-order valence-corrected chi connectivity index (χ4v) is 3.73. The molecule has 0 aromatic heterocycles. The normalized spacial score (nSPS) is 11.0. The van der Waals surface area contributed by atoms with Crippen LogP contribution >= 0.6 is 11.6 Å². The van der Waals surface area contributed by atoms with Gasteiger partial charge in [-0.25, -0.2) is 13.2 Å². The molecule has 0 saturated carbocycles. The van der Waals surface area contributed by atoms with Crippen molar-refractivity contribution in [2.75, 3.05) is 11.3 Å². The fraction of sp³-hybridized carbons (Fsp3) is 0.188. The molecule has 2 aromatic carbocycles. The van der Waals surface area contributed by atoms with Gasteiger partial charge in [0.15, 0.2) is 0 Å². The van der Waals surface area contributed by atoms with Crippen LogP contribution < -0.4 is 4.72 Å². The van der Waals surface area contributed by atoms with E-state index < -0.39 is 20.9 Å². The minimum Gasteiger partial charge on any atom is -0.462 e. The van der Waals surface area contributed by atoms with Gasteiger partial charge in [0.25, 0.3) is 15.7 Å². The van der Waals surface area contributed by atoms with Crippen LogP contribution in [0.5, 0.6) is 0 Å². The number of rotatable bonds is 6. The van der Waals surface area contributed by atoms with Crippen LogP contribution in [0.15, 0.2) is 41.3 Å². The number of nitrogens with zero attached hydrogens (tertiary/aromatic N) is 1. The van der Waals surface area contributed by atoms with Gasteiger partial charge in [-0.2, -0.15) is 0 Å². The molecule has 0 aliphatic rings. The number of carbonyl (C=O) groups excluding carboxylic acids is 1. The molecule has 10 heteroatoms. The zero-order valence-electron chi connectivity index (χ0n) is 13.9. The number of sulfonamides is 1. The topological polar surface area (TPSA) is 116 Å². The molecule has 26 heavy (non-hydrogen) atoms. The largest absolute Gasteiger partial charge is 0.462 e. The highest BCUT2D eigenvalue weighted by Crippen LogP contribution is 2.26. The fourth-order valence-electron chi connectivity index (χ4n) is 2.15. The van der Waals surface area contributed by atoms with E-state index in [4.69, 9.17) is 16.3 Å². The van der Waals surface area contributed by atoms with Crippen molar-refractivity contribution in [2.45, 2.75) is 18.7 Å². The summed E-state index contributed by atoms with van der Waals surface area (Å²) >= 11 is 6.01. The summed E-state index contributed by atoms with van der Waals surface area (Å²) in [4.78, 5) is 21.7. The second-order valence-corrected chi connectivity index (χ2v) is 7.29. The third kappa shape index (κ3) is 4.30. The van der Waals surface area contributed by atoms with Gasteiger partial charge in [0, 0.05) is 12.1 Å². The van der Waals surface area contributed by atoms with Crippen LogP contribution in [0.2, 0.25) is 5.02 Å². The molecule has 0 heterocycles. The van der Waals surface area contributed by atoms with E-state index in [0.717, 1.165) is 6.07 Å². The number of nitro groups is 1. The number of halogens is 1. The van der Waals surface area contributed by atoms with E-state index in [9.17, 15) is 23.3 Å². The van der Waals surface area contributed by atoms with Crippen molar-refractivity contribution >= 4 is 39.0 Å². The van der Waals surface area contributed by atoms with E-state index in [-0.39, 0.29) is 33.5 Å². The lowest BCUT2D eigenvalue weighted by atomic mass is 10.2. The summed E-state index contributed by atoms with van der Waals surface area (Å²) in [7, 11) is -4.09. The molecule has 0 unspecified atom stereocenters. The van der Waals surface area contributed by atoms with E-state index in [0.29, 0.717) is 5.56 Å². The highest BCUT2D eigenvalue weighted by atomic mass is 35.5. The number of benzene rings is 2. The third-order valence-corrected chi connectivity index (χ3v) is 5.22. The Hall–Kier alpha value is -2.65. The molecule has 8 nitrogen and oxygen atoms in total. The Balaban J connectivity index is 2.36. The van der Waals surface area contributed by atoms with Crippen LogP contribution in [-0.4, -0.2) is 25.9 Å². The first-order chi connectivity index (χ1) is 12.2. The van der Waals surface area contributed by atoms with Gasteiger partial charge in [-0.1, -0.05) is 17.7 Å². The molecule has 1 N–H and O–H groups in total. The lowest BCUT2D eigenvalue weighted by molar-refractivity contribution is -0.385. The van der Waals surface area contributed by atoms with Gasteiger partial charge in [-0.05, 0) is 37.6 Å². The van der Waals surface area contributed by atoms with Crippen LogP contribution in [0.1, 0.15) is 22.8 Å². The number of hydrogen-bond acceptors (Lipinski definition) is 6. The monoisotopic (exact) mass is 398 g/mol. The van der Waals surface area contributed by atoms with Crippen molar-refractivity contribution in [2.24, 2.45) is 0 Å². The first-order valence-electron chi connectivity index (χ1n) is 7.40. The quantitative estimate of drug-likeness (QED) is 0.452. The molecular formula is C16H15ClN2O6S. The zero-order chi connectivity index (χ0) is 19.5. The minimum absolute atomic E-state index is 0.0133. The van der Waals surface area contributed by atoms with Gasteiger partial charge >= 0.3 is 5.97 Å². The smallest absolute Gasteiger partial charge is 0.339 e. The van der Waals surface area contributed by atoms with E-state index >= 15 is 0 Å². The molecule has 2 rings (SSSR count). The number of ether oxygens (including phenoxy) is 1. The second kappa shape index (κ2) is 7.71. The highest BCUT2D eigenvalue weighted by molar-refractivity contribution is 7.92. The Morgan fingerprint density at radius 1 is 1.27 bits per heavy atom. The minimum atomic E-state index is -4.09. The number of hydrogen-bond donors (Lipinski definition) is 1. The molecule has 0 saturated heterocycles. The maximum atomic E-state index is 12.6. The summed E-state index contributed by atoms with van der Waals surface area (Å²) in [6.07, 6.45) is 0. The van der Waals surface area contributed by atoms with Gasteiger partial charge in [0.05, 0.1) is 32.7 Å². The van der Waals surface area contributed by atoms with Gasteiger partial charge in [0.2, 0.25) is 0 Å². The van der Waals surface area contributed by atoms with E-state index in [1.165, 1.54) is 37.3 Å². The van der Waals surface area contributed by atoms with Crippen molar-refractivity contribution < 1.29 is 22.9 Å². The number of esters is 1. The summed E-state index contributed by atoms with van der Waals surface area (Å²) in [5.74, 6) is -0.624. The first kappa shape index (κ1) is 19.7. The number of non-ortho nitro benzene ring substituents is 1. The molecule has 0 radical (unpaired) electrons. The molecule has 0 aliphatic carbocycles. The Morgan fingerprint density at radius 2 is 1.96 bits per heavy atom. The number of anilines is 1. The Bertz CT molecular complexity index is 975. The molecule has 0 spiro atoms. The van der Waals surface area contributed by atoms with Crippen molar-refractivity contribution in [3.05, 3.63) is 62.7 Å². The number of carbonyl (C=O) groups is 1. The standard InChI is InChI=1S/C16H15ClN2O6S/c1-3-25-16(20)13-7-5-11(8-14(13)17)18-26(23,24)15-9-12(19(21)22)6-4-10(15)2/h4-9,18H,3H2,1-2H3. The number of aryl methyl sites for hydroxylation is 1. The SMILES string of the molecule is CCOC(=O)c1ccc(NS(=O)(=O)c2cc([N+](=O)[O-])ccc2C)cc1Cl. The Labute approximate surface area is 154 Å². The average Bonchev–Trinajstić information content (AvgIpc) is 2.54. The van der Waals surface area contributed by atoms with E-state index in [2.05, 4.69) is 4.72 Å². The van der Waals surface area contributed by atoms with Crippen molar-refractivity contribution in [1.82, 2.24) is 0 Å². The molecule has 0 atom stereocenters. The van der Waals surface area contributed by atoms with E-state index in [1.807, 2.05) is 0 Å². The van der Waals surface area contributed by atoms with Gasteiger partial charge in [0.1, 0.15) is 0 Å². The van der Waals surface area contributed by atoms with Gasteiger partial charge in [-0.3, -0.25) is 14.8 Å². The predicted molar refractivity (Wildman–Crippen MR) is 96.1 cm³/mol. The van der Waals surface area contributed by atoms with Gasteiger partial charge in [-0.15, -0.1) is 0 Å². The van der Waals surface area contributed by atoms with Crippen LogP contribution in [0.25, 0.3) is 0 Å². The summed E-state index contributed by atoms with van der Waals surface area (Å²) in [6.45, 7) is 3.35. The predicted octanol–water partition coefficient (Wildman–Crippen LogP) is 3.53. The molecule has 0 fully saturated rings. The number of nitrogens with one attached hydrogen (secondary N) is 1. The zero-order valence-corrected chi connectivity index (χ0v) is 15.4. The molecule has 138 valence electrons. The Morgan fingerprint density at radius 3 is 2.54 bits per heavy atom. The van der Waals surface area contributed by atoms with Gasteiger partial charge < -0.3 is 4.74 Å². The summed E-state index contributed by atoms with van der Waals surface area (Å²) < 4.78 is 32.3. The maximum Gasteiger partial charge on any atom is 0.339 e. The molecule has 0 amide bonds.